The number of unbranched alkanes of at least 4 members (excludes halogenated alkanes) is 3. The van der Waals surface area contributed by atoms with Crippen LogP contribution in [0.5, 0.6) is 0 Å². The van der Waals surface area contributed by atoms with Crippen molar-refractivity contribution < 1.29 is 27.5 Å². The molecule has 8 heteroatoms. The first-order chi connectivity index (χ1) is 12.9. The molecule has 150 valence electrons. The van der Waals surface area contributed by atoms with E-state index in [0.717, 1.165) is 57.3 Å². The number of ether oxygens (including phenoxy) is 1. The van der Waals surface area contributed by atoms with Gasteiger partial charge in [0.15, 0.2) is 0 Å². The first-order valence-electron chi connectivity index (χ1n) is 9.14. The minimum absolute atomic E-state index is 0.0477. The normalized spacial score (nSPS) is 15.6. The van der Waals surface area contributed by atoms with Gasteiger partial charge in [0, 0.05) is 32.6 Å². The van der Waals surface area contributed by atoms with Crippen LogP contribution in [-0.4, -0.2) is 54.9 Å². The topological polar surface area (TPSA) is 49.9 Å². The Morgan fingerprint density at radius 2 is 1.70 bits per heavy atom. The number of nitrogens with zero attached hydrogens (tertiary/aromatic N) is 2. The van der Waals surface area contributed by atoms with Gasteiger partial charge in [-0.25, -0.2) is 4.79 Å². The van der Waals surface area contributed by atoms with Crippen molar-refractivity contribution in [3.05, 3.63) is 35.4 Å². The number of rotatable bonds is 8. The van der Waals surface area contributed by atoms with Gasteiger partial charge in [0.05, 0.1) is 5.56 Å². The Kier molecular flexibility index (Phi) is 8.09. The maximum Gasteiger partial charge on any atom is 0.416 e. The Morgan fingerprint density at radius 3 is 2.30 bits per heavy atom. The lowest BCUT2D eigenvalue weighted by atomic mass is 10.1. The summed E-state index contributed by atoms with van der Waals surface area (Å²) in [6.45, 7) is 3.58. The van der Waals surface area contributed by atoms with Crippen LogP contribution in [0.2, 0.25) is 0 Å². The van der Waals surface area contributed by atoms with Gasteiger partial charge >= 0.3 is 12.3 Å². The van der Waals surface area contributed by atoms with Gasteiger partial charge in [-0.15, -0.1) is 0 Å². The maximum atomic E-state index is 12.5. The number of hydrogen-bond donors (Lipinski definition) is 0. The Labute approximate surface area is 157 Å². The summed E-state index contributed by atoms with van der Waals surface area (Å²) in [5, 5.41) is 0. The summed E-state index contributed by atoms with van der Waals surface area (Å²) in [5.74, 6) is 0. The Balaban J connectivity index is 1.66. The van der Waals surface area contributed by atoms with Crippen molar-refractivity contribution >= 4 is 12.4 Å². The summed E-state index contributed by atoms with van der Waals surface area (Å²) in [6.07, 6.45) is -0.294. The number of carbonyl (C=O) groups is 2. The lowest BCUT2D eigenvalue weighted by molar-refractivity contribution is -0.137. The number of carbonyl (C=O) groups excluding carboxylic acids is 2. The van der Waals surface area contributed by atoms with Crippen LogP contribution < -0.4 is 0 Å². The molecule has 1 aliphatic heterocycles. The minimum Gasteiger partial charge on any atom is -0.445 e. The van der Waals surface area contributed by atoms with Crippen LogP contribution in [0.15, 0.2) is 24.3 Å². The van der Waals surface area contributed by atoms with Gasteiger partial charge in [-0.05, 0) is 37.1 Å². The van der Waals surface area contributed by atoms with Gasteiger partial charge in [0.2, 0.25) is 0 Å². The fourth-order valence-electron chi connectivity index (χ4n) is 2.92. The molecule has 2 rings (SSSR count). The lowest BCUT2D eigenvalue weighted by Crippen LogP contribution is -2.48. The quantitative estimate of drug-likeness (QED) is 0.505. The highest BCUT2D eigenvalue weighted by Gasteiger charge is 2.30. The predicted octanol–water partition coefficient (Wildman–Crippen LogP) is 3.72. The Bertz CT molecular complexity index is 597. The highest BCUT2D eigenvalue weighted by molar-refractivity contribution is 5.67. The van der Waals surface area contributed by atoms with Crippen LogP contribution in [0.4, 0.5) is 18.0 Å². The summed E-state index contributed by atoms with van der Waals surface area (Å²) in [6, 6.07) is 4.60. The molecule has 0 N–H and O–H groups in total. The van der Waals surface area contributed by atoms with Gasteiger partial charge in [0.25, 0.3) is 0 Å². The number of alkyl halides is 3. The summed E-state index contributed by atoms with van der Waals surface area (Å²) >= 11 is 0. The molecule has 1 aromatic rings. The van der Waals surface area contributed by atoms with Crippen LogP contribution >= 0.6 is 0 Å². The molecule has 0 bridgehead atoms. The molecule has 0 radical (unpaired) electrons. The van der Waals surface area contributed by atoms with Crippen molar-refractivity contribution in [3.63, 3.8) is 0 Å². The molecule has 1 aliphatic rings. The van der Waals surface area contributed by atoms with Crippen molar-refractivity contribution in [2.45, 2.75) is 38.5 Å². The maximum absolute atomic E-state index is 12.5. The van der Waals surface area contributed by atoms with E-state index < -0.39 is 17.8 Å². The zero-order valence-electron chi connectivity index (χ0n) is 15.2. The average molecular weight is 386 g/mol. The van der Waals surface area contributed by atoms with Crippen molar-refractivity contribution in [1.29, 1.82) is 0 Å². The number of amides is 1. The smallest absolute Gasteiger partial charge is 0.416 e. The first-order valence-corrected chi connectivity index (χ1v) is 9.14. The molecule has 0 aliphatic carbocycles. The third kappa shape index (κ3) is 7.21. The van der Waals surface area contributed by atoms with Gasteiger partial charge in [0.1, 0.15) is 12.9 Å². The lowest BCUT2D eigenvalue weighted by Gasteiger charge is -2.34. The summed E-state index contributed by atoms with van der Waals surface area (Å²) in [4.78, 5) is 26.3. The van der Waals surface area contributed by atoms with Crippen LogP contribution in [-0.2, 0) is 22.3 Å². The number of benzene rings is 1. The van der Waals surface area contributed by atoms with Crippen molar-refractivity contribution in [2.75, 3.05) is 32.7 Å². The second-order valence-corrected chi connectivity index (χ2v) is 6.59. The van der Waals surface area contributed by atoms with E-state index >= 15 is 0 Å². The second kappa shape index (κ2) is 10.3. The largest absolute Gasteiger partial charge is 0.445 e. The van der Waals surface area contributed by atoms with E-state index in [0.29, 0.717) is 25.1 Å². The van der Waals surface area contributed by atoms with E-state index in [9.17, 15) is 22.8 Å². The minimum atomic E-state index is -4.37. The molecule has 5 nitrogen and oxygen atoms in total. The molecule has 0 spiro atoms. The highest BCUT2D eigenvalue weighted by atomic mass is 19.4. The molecule has 0 saturated carbocycles. The van der Waals surface area contributed by atoms with Crippen molar-refractivity contribution in [1.82, 2.24) is 9.80 Å². The van der Waals surface area contributed by atoms with Crippen molar-refractivity contribution in [3.8, 4) is 0 Å². The zero-order chi connectivity index (χ0) is 19.7. The van der Waals surface area contributed by atoms with Crippen LogP contribution in [0.3, 0.4) is 0 Å². The van der Waals surface area contributed by atoms with Gasteiger partial charge in [-0.3, -0.25) is 4.90 Å². The molecule has 0 unspecified atom stereocenters. The van der Waals surface area contributed by atoms with Crippen LogP contribution in [0, 0.1) is 0 Å². The van der Waals surface area contributed by atoms with E-state index in [1.807, 2.05) is 0 Å². The van der Waals surface area contributed by atoms with E-state index in [2.05, 4.69) is 4.90 Å². The van der Waals surface area contributed by atoms with E-state index in [4.69, 9.17) is 4.74 Å². The molecule has 1 fully saturated rings. The second-order valence-electron chi connectivity index (χ2n) is 6.59. The van der Waals surface area contributed by atoms with Crippen molar-refractivity contribution in [2.24, 2.45) is 0 Å². The number of aldehydes is 1. The number of hydrogen-bond acceptors (Lipinski definition) is 4. The predicted molar refractivity (Wildman–Crippen MR) is 94.2 cm³/mol. The fraction of sp³-hybridized carbons (Fsp3) is 0.579. The van der Waals surface area contributed by atoms with E-state index in [1.165, 1.54) is 12.1 Å². The molecule has 1 aromatic carbocycles. The van der Waals surface area contributed by atoms with Gasteiger partial charge < -0.3 is 14.4 Å². The molecule has 1 saturated heterocycles. The molecular weight excluding hydrogens is 361 g/mol. The van der Waals surface area contributed by atoms with Gasteiger partial charge in [-0.2, -0.15) is 13.2 Å². The standard InChI is InChI=1S/C19H25F3N2O3/c20-19(21,22)17-7-5-16(6-8-17)15-27-18(26)24-12-10-23(11-13-24)9-3-1-2-4-14-25/h5-8,14H,1-4,9-13,15H2. The van der Waals surface area contributed by atoms with E-state index in [1.54, 1.807) is 4.90 Å². The van der Waals surface area contributed by atoms with E-state index in [-0.39, 0.29) is 6.61 Å². The number of piperazine rings is 1. The molecule has 27 heavy (non-hydrogen) atoms. The first kappa shape index (κ1) is 21.2. The summed E-state index contributed by atoms with van der Waals surface area (Å²) < 4.78 is 42.8. The van der Waals surface area contributed by atoms with Gasteiger partial charge in [-0.1, -0.05) is 18.6 Å². The summed E-state index contributed by atoms with van der Waals surface area (Å²) in [5.41, 5.74) is -0.204. The molecular formula is C19H25F3N2O3. The third-order valence-corrected chi connectivity index (χ3v) is 4.57. The molecule has 1 heterocycles. The Hall–Kier alpha value is -2.09. The molecule has 0 atom stereocenters. The monoisotopic (exact) mass is 386 g/mol. The summed E-state index contributed by atoms with van der Waals surface area (Å²) in [7, 11) is 0. The third-order valence-electron chi connectivity index (χ3n) is 4.57. The van der Waals surface area contributed by atoms with Crippen LogP contribution in [0.1, 0.15) is 36.8 Å². The zero-order valence-corrected chi connectivity index (χ0v) is 15.2. The SMILES string of the molecule is O=CCCCCCN1CCN(C(=O)OCc2ccc(C(F)(F)F)cc2)CC1. The molecule has 0 aromatic heterocycles. The Morgan fingerprint density at radius 1 is 1.04 bits per heavy atom. The average Bonchev–Trinajstić information content (AvgIpc) is 2.66. The number of halogens is 3. The van der Waals surface area contributed by atoms with Crippen LogP contribution in [0.25, 0.3) is 0 Å². The highest BCUT2D eigenvalue weighted by Crippen LogP contribution is 2.29. The molecule has 1 amide bonds. The fourth-order valence-corrected chi connectivity index (χ4v) is 2.92.